The number of hydrogen-bond acceptors (Lipinski definition) is 2. The zero-order valence-corrected chi connectivity index (χ0v) is 9.46. The van der Waals surface area contributed by atoms with Crippen molar-refractivity contribution in [1.82, 2.24) is 0 Å². The van der Waals surface area contributed by atoms with Gasteiger partial charge in [0, 0.05) is 13.1 Å². The Labute approximate surface area is 86.2 Å². The summed E-state index contributed by atoms with van der Waals surface area (Å²) in [5.41, 5.74) is 2.57. The van der Waals surface area contributed by atoms with Gasteiger partial charge >= 0.3 is 0 Å². The van der Waals surface area contributed by atoms with Crippen molar-refractivity contribution in [3.8, 4) is 0 Å². The molecule has 2 nitrogen and oxygen atoms in total. The van der Waals surface area contributed by atoms with E-state index in [1.165, 1.54) is 11.1 Å². The molecule has 1 saturated heterocycles. The van der Waals surface area contributed by atoms with Crippen LogP contribution in [0.1, 0.15) is 23.7 Å². The number of benzene rings is 1. The Hall–Kier alpha value is -0.430. The van der Waals surface area contributed by atoms with Crippen LogP contribution in [0.25, 0.3) is 0 Å². The molecular weight excluding hydrogens is 195 g/mol. The van der Waals surface area contributed by atoms with E-state index in [1.807, 2.05) is 6.66 Å². The molecule has 0 bridgehead atoms. The first-order valence-electron chi connectivity index (χ1n) is 4.86. The van der Waals surface area contributed by atoms with Crippen LogP contribution in [0.2, 0.25) is 0 Å². The van der Waals surface area contributed by atoms with Gasteiger partial charge in [0.1, 0.15) is 0 Å². The van der Waals surface area contributed by atoms with Crippen molar-refractivity contribution in [2.24, 2.45) is 0 Å². The highest BCUT2D eigenvalue weighted by atomic mass is 31.2. The number of aryl methyl sites for hydroxylation is 1. The monoisotopic (exact) mass is 210 g/mol. The smallest absolute Gasteiger partial charge is 0.167 e. The van der Waals surface area contributed by atoms with Crippen LogP contribution in [0.4, 0.5) is 0 Å². The Morgan fingerprint density at radius 3 is 3.00 bits per heavy atom. The maximum Gasteiger partial charge on any atom is 0.167 e. The van der Waals surface area contributed by atoms with Crippen molar-refractivity contribution in [3.63, 3.8) is 0 Å². The lowest BCUT2D eigenvalue weighted by atomic mass is 10.0. The van der Waals surface area contributed by atoms with E-state index in [4.69, 9.17) is 9.05 Å². The van der Waals surface area contributed by atoms with Gasteiger partial charge in [0.05, 0.1) is 12.7 Å². The third-order valence-corrected chi connectivity index (χ3v) is 3.44. The SMILES string of the molecule is Cc1cccc(C2CCOP(C)O2)c1. The summed E-state index contributed by atoms with van der Waals surface area (Å²) in [6, 6.07) is 8.52. The second-order valence-corrected chi connectivity index (χ2v) is 4.92. The highest BCUT2D eigenvalue weighted by Crippen LogP contribution is 2.45. The molecule has 1 aromatic carbocycles. The third-order valence-electron chi connectivity index (χ3n) is 2.34. The van der Waals surface area contributed by atoms with E-state index >= 15 is 0 Å². The average Bonchev–Trinajstić information content (AvgIpc) is 2.18. The topological polar surface area (TPSA) is 18.5 Å². The molecule has 1 fully saturated rings. The first kappa shape index (κ1) is 10.1. The number of hydrogen-bond donors (Lipinski definition) is 0. The molecule has 2 atom stereocenters. The van der Waals surface area contributed by atoms with E-state index in [-0.39, 0.29) is 6.10 Å². The first-order chi connectivity index (χ1) is 6.75. The van der Waals surface area contributed by atoms with Gasteiger partial charge in [-0.05, 0) is 12.5 Å². The molecule has 14 heavy (non-hydrogen) atoms. The molecule has 2 unspecified atom stereocenters. The minimum absolute atomic E-state index is 0.236. The zero-order valence-electron chi connectivity index (χ0n) is 8.56. The Morgan fingerprint density at radius 2 is 2.29 bits per heavy atom. The molecule has 0 saturated carbocycles. The molecule has 1 aromatic rings. The average molecular weight is 210 g/mol. The minimum Gasteiger partial charge on any atom is -0.334 e. The van der Waals surface area contributed by atoms with Gasteiger partial charge in [0.15, 0.2) is 8.38 Å². The molecule has 2 rings (SSSR count). The van der Waals surface area contributed by atoms with Crippen molar-refractivity contribution in [2.45, 2.75) is 19.4 Å². The van der Waals surface area contributed by atoms with Crippen LogP contribution in [0.15, 0.2) is 24.3 Å². The van der Waals surface area contributed by atoms with Crippen LogP contribution in [-0.4, -0.2) is 13.3 Å². The fourth-order valence-electron chi connectivity index (χ4n) is 1.65. The summed E-state index contributed by atoms with van der Waals surface area (Å²) in [4.78, 5) is 0. The standard InChI is InChI=1S/C11H15O2P/c1-9-4-3-5-10(8-9)11-6-7-12-14(2)13-11/h3-5,8,11H,6-7H2,1-2H3. The lowest BCUT2D eigenvalue weighted by Gasteiger charge is -2.27. The van der Waals surface area contributed by atoms with Gasteiger partial charge in [0.2, 0.25) is 0 Å². The first-order valence-corrected chi connectivity index (χ1v) is 6.48. The predicted molar refractivity (Wildman–Crippen MR) is 58.4 cm³/mol. The number of rotatable bonds is 1. The van der Waals surface area contributed by atoms with Crippen molar-refractivity contribution in [2.75, 3.05) is 13.3 Å². The molecule has 0 radical (unpaired) electrons. The maximum atomic E-state index is 5.77. The summed E-state index contributed by atoms with van der Waals surface area (Å²) in [6.07, 6.45) is 1.20. The molecule has 1 heterocycles. The molecule has 0 N–H and O–H groups in total. The fraction of sp³-hybridized carbons (Fsp3) is 0.455. The van der Waals surface area contributed by atoms with E-state index in [0.29, 0.717) is 0 Å². The second kappa shape index (κ2) is 4.39. The van der Waals surface area contributed by atoms with Crippen molar-refractivity contribution < 1.29 is 9.05 Å². The molecule has 0 spiro atoms. The van der Waals surface area contributed by atoms with E-state index in [1.54, 1.807) is 0 Å². The highest BCUT2D eigenvalue weighted by Gasteiger charge is 2.21. The third kappa shape index (κ3) is 2.33. The summed E-state index contributed by atoms with van der Waals surface area (Å²) >= 11 is 0. The van der Waals surface area contributed by atoms with E-state index in [0.717, 1.165) is 13.0 Å². The van der Waals surface area contributed by atoms with Gasteiger partial charge in [-0.25, -0.2) is 0 Å². The van der Waals surface area contributed by atoms with Crippen LogP contribution in [-0.2, 0) is 9.05 Å². The quantitative estimate of drug-likeness (QED) is 0.661. The summed E-state index contributed by atoms with van der Waals surface area (Å²) in [7, 11) is -0.664. The second-order valence-electron chi connectivity index (χ2n) is 3.57. The Bertz CT molecular complexity index is 314. The van der Waals surface area contributed by atoms with Gasteiger partial charge in [-0.2, -0.15) is 0 Å². The highest BCUT2D eigenvalue weighted by molar-refractivity contribution is 7.46. The molecule has 1 aliphatic heterocycles. The lowest BCUT2D eigenvalue weighted by molar-refractivity contribution is 0.111. The summed E-state index contributed by atoms with van der Waals surface area (Å²) in [5.74, 6) is 0. The van der Waals surface area contributed by atoms with Crippen LogP contribution in [0.3, 0.4) is 0 Å². The molecule has 1 aliphatic rings. The predicted octanol–water partition coefficient (Wildman–Crippen LogP) is 3.41. The van der Waals surface area contributed by atoms with Crippen molar-refractivity contribution in [3.05, 3.63) is 35.4 Å². The van der Waals surface area contributed by atoms with Crippen LogP contribution in [0, 0.1) is 6.92 Å². The molecule has 0 aliphatic carbocycles. The largest absolute Gasteiger partial charge is 0.334 e. The van der Waals surface area contributed by atoms with Crippen LogP contribution < -0.4 is 0 Å². The molecule has 3 heteroatoms. The van der Waals surface area contributed by atoms with E-state index < -0.39 is 8.38 Å². The van der Waals surface area contributed by atoms with Gasteiger partial charge in [-0.1, -0.05) is 29.8 Å². The van der Waals surface area contributed by atoms with Gasteiger partial charge in [-0.3, -0.25) is 0 Å². The van der Waals surface area contributed by atoms with Gasteiger partial charge in [-0.15, -0.1) is 0 Å². The summed E-state index contributed by atoms with van der Waals surface area (Å²) in [5, 5.41) is 0. The zero-order chi connectivity index (χ0) is 9.97. The van der Waals surface area contributed by atoms with Gasteiger partial charge < -0.3 is 9.05 Å². The minimum atomic E-state index is -0.664. The summed E-state index contributed by atoms with van der Waals surface area (Å²) < 4.78 is 11.2. The molecule has 0 aromatic heterocycles. The normalized spacial score (nSPS) is 27.6. The summed E-state index contributed by atoms with van der Waals surface area (Å²) in [6.45, 7) is 4.94. The maximum absolute atomic E-state index is 5.77. The molecular formula is C11H15O2P. The van der Waals surface area contributed by atoms with Gasteiger partial charge in [0.25, 0.3) is 0 Å². The Morgan fingerprint density at radius 1 is 1.43 bits per heavy atom. The Kier molecular flexibility index (Phi) is 3.17. The van der Waals surface area contributed by atoms with Crippen molar-refractivity contribution in [1.29, 1.82) is 0 Å². The molecule has 0 amide bonds. The lowest BCUT2D eigenvalue weighted by Crippen LogP contribution is -2.11. The van der Waals surface area contributed by atoms with E-state index in [9.17, 15) is 0 Å². The fourth-order valence-corrected chi connectivity index (χ4v) is 2.66. The van der Waals surface area contributed by atoms with Crippen LogP contribution >= 0.6 is 8.38 Å². The molecule has 76 valence electrons. The van der Waals surface area contributed by atoms with E-state index in [2.05, 4.69) is 31.2 Å². The Balaban J connectivity index is 2.14. The van der Waals surface area contributed by atoms with Crippen LogP contribution in [0.5, 0.6) is 0 Å². The van der Waals surface area contributed by atoms with Crippen molar-refractivity contribution >= 4 is 8.38 Å².